The molecule has 2 aromatic rings. The van der Waals surface area contributed by atoms with Crippen molar-refractivity contribution in [2.75, 3.05) is 11.5 Å². The molecule has 1 saturated heterocycles. The number of nitro benzene ring substituents is 1. The molecule has 1 atom stereocenters. The number of sulfone groups is 1. The third-order valence-electron chi connectivity index (χ3n) is 4.12. The van der Waals surface area contributed by atoms with Gasteiger partial charge in [0, 0.05) is 23.7 Å². The van der Waals surface area contributed by atoms with Crippen LogP contribution in [0, 0.1) is 10.1 Å². The highest BCUT2D eigenvalue weighted by molar-refractivity contribution is 7.91. The predicted octanol–water partition coefficient (Wildman–Crippen LogP) is 2.02. The van der Waals surface area contributed by atoms with Crippen LogP contribution >= 0.6 is 0 Å². The summed E-state index contributed by atoms with van der Waals surface area (Å²) in [6.07, 6.45) is 1.81. The van der Waals surface area contributed by atoms with E-state index in [1.165, 1.54) is 35.4 Å². The van der Waals surface area contributed by atoms with Gasteiger partial charge in [-0.15, -0.1) is 0 Å². The first-order chi connectivity index (χ1) is 11.9. The summed E-state index contributed by atoms with van der Waals surface area (Å²) in [4.78, 5) is 24.7. The van der Waals surface area contributed by atoms with Crippen LogP contribution < -0.4 is 0 Å². The van der Waals surface area contributed by atoms with Crippen molar-refractivity contribution in [3.8, 4) is 0 Å². The first-order valence-electron chi connectivity index (χ1n) is 7.64. The largest absolute Gasteiger partial charge is 0.467 e. The number of carbonyl (C=O) groups excluding carboxylic acids is 1. The summed E-state index contributed by atoms with van der Waals surface area (Å²) < 4.78 is 28.9. The van der Waals surface area contributed by atoms with Gasteiger partial charge in [0.15, 0.2) is 9.84 Å². The van der Waals surface area contributed by atoms with Gasteiger partial charge in [-0.3, -0.25) is 14.9 Å². The van der Waals surface area contributed by atoms with E-state index in [4.69, 9.17) is 4.42 Å². The van der Waals surface area contributed by atoms with Crippen LogP contribution in [-0.4, -0.2) is 41.7 Å². The van der Waals surface area contributed by atoms with Crippen LogP contribution in [0.5, 0.6) is 0 Å². The molecule has 1 aromatic heterocycles. The second kappa shape index (κ2) is 6.67. The van der Waals surface area contributed by atoms with E-state index in [9.17, 15) is 23.3 Å². The molecule has 0 bridgehead atoms. The molecule has 0 unspecified atom stereocenters. The van der Waals surface area contributed by atoms with Crippen molar-refractivity contribution in [1.29, 1.82) is 0 Å². The van der Waals surface area contributed by atoms with Crippen molar-refractivity contribution in [3.63, 3.8) is 0 Å². The van der Waals surface area contributed by atoms with E-state index >= 15 is 0 Å². The van der Waals surface area contributed by atoms with Crippen molar-refractivity contribution < 1.29 is 22.6 Å². The summed E-state index contributed by atoms with van der Waals surface area (Å²) in [6, 6.07) is 8.29. The van der Waals surface area contributed by atoms with Crippen LogP contribution in [0.25, 0.3) is 0 Å². The molecule has 0 saturated carbocycles. The molecule has 0 radical (unpaired) electrons. The highest BCUT2D eigenvalue weighted by atomic mass is 32.2. The molecular weight excluding hydrogens is 348 g/mol. The minimum Gasteiger partial charge on any atom is -0.467 e. The Kier molecular flexibility index (Phi) is 4.58. The van der Waals surface area contributed by atoms with Crippen molar-refractivity contribution >= 4 is 21.4 Å². The Morgan fingerprint density at radius 2 is 2.12 bits per heavy atom. The summed E-state index contributed by atoms with van der Waals surface area (Å²) in [7, 11) is -3.19. The summed E-state index contributed by atoms with van der Waals surface area (Å²) >= 11 is 0. The van der Waals surface area contributed by atoms with Gasteiger partial charge in [-0.1, -0.05) is 6.07 Å². The quantitative estimate of drug-likeness (QED) is 0.593. The summed E-state index contributed by atoms with van der Waals surface area (Å²) in [5, 5.41) is 10.9. The molecule has 0 aliphatic carbocycles. The van der Waals surface area contributed by atoms with Gasteiger partial charge in [0.05, 0.1) is 29.2 Å². The van der Waals surface area contributed by atoms with E-state index < -0.39 is 26.7 Å². The highest BCUT2D eigenvalue weighted by Crippen LogP contribution is 2.24. The second-order valence-corrected chi connectivity index (χ2v) is 8.11. The fraction of sp³-hybridized carbons (Fsp3) is 0.312. The monoisotopic (exact) mass is 364 g/mol. The van der Waals surface area contributed by atoms with Gasteiger partial charge in [-0.05, 0) is 24.6 Å². The lowest BCUT2D eigenvalue weighted by Gasteiger charge is -2.27. The Morgan fingerprint density at radius 3 is 2.72 bits per heavy atom. The van der Waals surface area contributed by atoms with Crippen LogP contribution in [0.3, 0.4) is 0 Å². The summed E-state index contributed by atoms with van der Waals surface area (Å²) in [5.41, 5.74) is -0.0482. The van der Waals surface area contributed by atoms with Crippen LogP contribution in [0.15, 0.2) is 47.1 Å². The smallest absolute Gasteiger partial charge is 0.270 e. The number of furan rings is 1. The lowest BCUT2D eigenvalue weighted by atomic mass is 10.1. The molecule has 0 spiro atoms. The van der Waals surface area contributed by atoms with Crippen molar-refractivity contribution in [3.05, 3.63) is 64.1 Å². The van der Waals surface area contributed by atoms with Gasteiger partial charge in [0.25, 0.3) is 11.6 Å². The molecule has 0 N–H and O–H groups in total. The molecular formula is C16H16N2O6S. The predicted molar refractivity (Wildman–Crippen MR) is 88.7 cm³/mol. The zero-order valence-corrected chi connectivity index (χ0v) is 14.0. The Bertz CT molecular complexity index is 891. The minimum atomic E-state index is -3.19. The third-order valence-corrected chi connectivity index (χ3v) is 5.87. The van der Waals surface area contributed by atoms with E-state index in [2.05, 4.69) is 0 Å². The van der Waals surface area contributed by atoms with Gasteiger partial charge in [0.1, 0.15) is 5.76 Å². The maximum atomic E-state index is 12.9. The Hall–Kier alpha value is -2.68. The zero-order chi connectivity index (χ0) is 18.0. The van der Waals surface area contributed by atoms with Gasteiger partial charge >= 0.3 is 0 Å². The average molecular weight is 364 g/mol. The van der Waals surface area contributed by atoms with Gasteiger partial charge in [0.2, 0.25) is 0 Å². The number of nitrogens with zero attached hydrogens (tertiary/aromatic N) is 2. The topological polar surface area (TPSA) is 111 Å². The molecule has 132 valence electrons. The zero-order valence-electron chi connectivity index (χ0n) is 13.2. The normalized spacial score (nSPS) is 18.8. The van der Waals surface area contributed by atoms with E-state index in [-0.39, 0.29) is 29.3 Å². The van der Waals surface area contributed by atoms with Crippen molar-refractivity contribution in [2.45, 2.75) is 19.0 Å². The van der Waals surface area contributed by atoms with Crippen molar-refractivity contribution in [2.24, 2.45) is 0 Å². The van der Waals surface area contributed by atoms with Crippen LogP contribution in [-0.2, 0) is 16.4 Å². The Morgan fingerprint density at radius 1 is 1.32 bits per heavy atom. The fourth-order valence-corrected chi connectivity index (χ4v) is 4.61. The molecule has 1 aromatic carbocycles. The van der Waals surface area contributed by atoms with Crippen LogP contribution in [0.1, 0.15) is 22.5 Å². The number of nitro groups is 1. The Labute approximate surface area is 144 Å². The standard InChI is InChI=1S/C16H16N2O6S/c19-16(12-3-1-4-13(9-12)18(20)21)17(10-15-5-2-7-24-15)14-6-8-25(22,23)11-14/h1-5,7,9,14H,6,8,10-11H2/t14-/m1/s1. The molecule has 1 aliphatic rings. The van der Waals surface area contributed by atoms with E-state index in [1.54, 1.807) is 12.1 Å². The lowest BCUT2D eigenvalue weighted by Crippen LogP contribution is -2.40. The number of hydrogen-bond acceptors (Lipinski definition) is 6. The SMILES string of the molecule is O=C(c1cccc([N+](=O)[O-])c1)N(Cc1ccco1)[C@@H]1CCS(=O)(=O)C1. The lowest BCUT2D eigenvalue weighted by molar-refractivity contribution is -0.384. The van der Waals surface area contributed by atoms with Gasteiger partial charge < -0.3 is 9.32 Å². The molecule has 9 heteroatoms. The first-order valence-corrected chi connectivity index (χ1v) is 9.46. The maximum absolute atomic E-state index is 12.9. The van der Waals surface area contributed by atoms with Crippen molar-refractivity contribution in [1.82, 2.24) is 4.90 Å². The maximum Gasteiger partial charge on any atom is 0.270 e. The highest BCUT2D eigenvalue weighted by Gasteiger charge is 2.35. The first kappa shape index (κ1) is 17.2. The number of benzene rings is 1. The molecule has 1 aliphatic heterocycles. The number of rotatable bonds is 5. The molecule has 1 fully saturated rings. The second-order valence-electron chi connectivity index (χ2n) is 5.88. The van der Waals surface area contributed by atoms with Gasteiger partial charge in [-0.25, -0.2) is 8.42 Å². The molecule has 3 rings (SSSR count). The minimum absolute atomic E-state index is 0.0224. The number of hydrogen-bond donors (Lipinski definition) is 0. The number of non-ortho nitro benzene ring substituents is 1. The third kappa shape index (κ3) is 3.87. The summed E-state index contributed by atoms with van der Waals surface area (Å²) in [5.74, 6) is -0.0339. The van der Waals surface area contributed by atoms with E-state index in [0.717, 1.165) is 0 Å². The number of carbonyl (C=O) groups is 1. The fourth-order valence-electron chi connectivity index (χ4n) is 2.88. The Balaban J connectivity index is 1.91. The van der Waals surface area contributed by atoms with Crippen LogP contribution in [0.4, 0.5) is 5.69 Å². The van der Waals surface area contributed by atoms with E-state index in [1.807, 2.05) is 0 Å². The van der Waals surface area contributed by atoms with E-state index in [0.29, 0.717) is 12.2 Å². The molecule has 25 heavy (non-hydrogen) atoms. The average Bonchev–Trinajstić information content (AvgIpc) is 3.21. The molecule has 8 nitrogen and oxygen atoms in total. The molecule has 1 amide bonds. The van der Waals surface area contributed by atoms with Gasteiger partial charge in [-0.2, -0.15) is 0 Å². The summed E-state index contributed by atoms with van der Waals surface area (Å²) in [6.45, 7) is 0.106. The molecule has 2 heterocycles. The number of amides is 1. The van der Waals surface area contributed by atoms with Crippen LogP contribution in [0.2, 0.25) is 0 Å².